The van der Waals surface area contributed by atoms with Crippen molar-refractivity contribution in [2.75, 3.05) is 13.6 Å². The summed E-state index contributed by atoms with van der Waals surface area (Å²) >= 11 is 0. The summed E-state index contributed by atoms with van der Waals surface area (Å²) in [7, 11) is 2.15. The lowest BCUT2D eigenvalue weighted by Gasteiger charge is -2.33. The van der Waals surface area contributed by atoms with Crippen LogP contribution in [0.5, 0.6) is 0 Å². The largest absolute Gasteiger partial charge is 0.340 e. The van der Waals surface area contributed by atoms with Gasteiger partial charge in [-0.3, -0.25) is 0 Å². The van der Waals surface area contributed by atoms with Crippen molar-refractivity contribution < 1.29 is 9.05 Å². The molecule has 1 aliphatic rings. The van der Waals surface area contributed by atoms with Gasteiger partial charge in [-0.1, -0.05) is 10.3 Å². The summed E-state index contributed by atoms with van der Waals surface area (Å²) in [5.41, 5.74) is 0. The first-order valence-corrected chi connectivity index (χ1v) is 6.93. The lowest BCUT2D eigenvalue weighted by atomic mass is 9.92. The highest BCUT2D eigenvalue weighted by atomic mass is 16.5. The molecule has 0 amide bonds. The molecule has 0 saturated carbocycles. The highest BCUT2D eigenvalue weighted by Crippen LogP contribution is 2.29. The van der Waals surface area contributed by atoms with Gasteiger partial charge >= 0.3 is 0 Å². The van der Waals surface area contributed by atoms with Gasteiger partial charge in [-0.05, 0) is 33.4 Å². The van der Waals surface area contributed by atoms with Crippen molar-refractivity contribution in [3.8, 4) is 0 Å². The Labute approximate surface area is 117 Å². The molecule has 1 fully saturated rings. The second-order valence-corrected chi connectivity index (χ2v) is 5.51. The molecule has 1 aliphatic heterocycles. The van der Waals surface area contributed by atoms with Crippen LogP contribution >= 0.6 is 0 Å². The van der Waals surface area contributed by atoms with Gasteiger partial charge in [-0.2, -0.15) is 9.97 Å². The van der Waals surface area contributed by atoms with E-state index in [1.807, 2.05) is 0 Å². The number of piperidine rings is 1. The van der Waals surface area contributed by atoms with E-state index < -0.39 is 0 Å². The Morgan fingerprint density at radius 1 is 1.20 bits per heavy atom. The van der Waals surface area contributed by atoms with Crippen molar-refractivity contribution >= 4 is 0 Å². The summed E-state index contributed by atoms with van der Waals surface area (Å²) in [4.78, 5) is 11.0. The number of hydrogen-bond donors (Lipinski definition) is 0. The summed E-state index contributed by atoms with van der Waals surface area (Å²) in [5.74, 6) is 2.85. The number of likely N-dealkylation sites (tertiary alicyclic amines) is 1. The monoisotopic (exact) mass is 277 g/mol. The van der Waals surface area contributed by atoms with Crippen LogP contribution in [0, 0.1) is 6.92 Å². The lowest BCUT2D eigenvalue weighted by Crippen LogP contribution is -2.37. The van der Waals surface area contributed by atoms with Crippen LogP contribution < -0.4 is 0 Å². The van der Waals surface area contributed by atoms with Crippen LogP contribution in [0.3, 0.4) is 0 Å². The fourth-order valence-electron chi connectivity index (χ4n) is 2.57. The van der Waals surface area contributed by atoms with Crippen LogP contribution in [0.2, 0.25) is 0 Å². The topological polar surface area (TPSA) is 81.1 Å². The maximum absolute atomic E-state index is 5.40. The number of hydrogen-bond acceptors (Lipinski definition) is 7. The minimum absolute atomic E-state index is 0.356. The van der Waals surface area contributed by atoms with Gasteiger partial charge in [0.2, 0.25) is 11.8 Å². The Morgan fingerprint density at radius 2 is 1.95 bits per heavy atom. The van der Waals surface area contributed by atoms with E-state index in [1.165, 1.54) is 0 Å². The minimum Gasteiger partial charge on any atom is -0.340 e. The fraction of sp³-hybridized carbons (Fsp3) is 0.692. The first kappa shape index (κ1) is 13.2. The van der Waals surface area contributed by atoms with Crippen LogP contribution in [-0.2, 0) is 6.42 Å². The number of nitrogens with zero attached hydrogens (tertiary/aromatic N) is 5. The third-order valence-corrected chi connectivity index (χ3v) is 3.93. The van der Waals surface area contributed by atoms with Crippen LogP contribution in [0.4, 0.5) is 0 Å². The fourth-order valence-corrected chi connectivity index (χ4v) is 2.57. The Bertz CT molecular complexity index is 579. The van der Waals surface area contributed by atoms with Crippen molar-refractivity contribution in [3.05, 3.63) is 23.4 Å². The zero-order valence-corrected chi connectivity index (χ0v) is 12.0. The van der Waals surface area contributed by atoms with Gasteiger partial charge in [0, 0.05) is 18.9 Å². The maximum atomic E-state index is 5.40. The van der Waals surface area contributed by atoms with Gasteiger partial charge in [0.05, 0.1) is 6.42 Å². The smallest absolute Gasteiger partial charge is 0.229 e. The molecule has 2 aromatic rings. The van der Waals surface area contributed by atoms with Crippen LogP contribution in [0.1, 0.15) is 49.1 Å². The van der Waals surface area contributed by atoms with E-state index >= 15 is 0 Å². The molecule has 7 nitrogen and oxygen atoms in total. The molecule has 0 radical (unpaired) electrons. The molecule has 2 aromatic heterocycles. The molecule has 108 valence electrons. The van der Waals surface area contributed by atoms with Crippen molar-refractivity contribution in [2.24, 2.45) is 0 Å². The third kappa shape index (κ3) is 2.72. The Kier molecular flexibility index (Phi) is 3.52. The van der Waals surface area contributed by atoms with Gasteiger partial charge in [0.25, 0.3) is 0 Å². The second-order valence-electron chi connectivity index (χ2n) is 5.51. The Balaban J connectivity index is 1.67. The quantitative estimate of drug-likeness (QED) is 0.841. The predicted molar refractivity (Wildman–Crippen MR) is 70.2 cm³/mol. The Hall–Kier alpha value is -1.76. The third-order valence-electron chi connectivity index (χ3n) is 3.93. The number of aromatic nitrogens is 4. The molecule has 20 heavy (non-hydrogen) atoms. The normalized spacial score (nSPS) is 24.1. The van der Waals surface area contributed by atoms with Crippen LogP contribution in [-0.4, -0.2) is 44.8 Å². The van der Waals surface area contributed by atoms with Crippen LogP contribution in [0.15, 0.2) is 9.05 Å². The highest BCUT2D eigenvalue weighted by Gasteiger charge is 2.28. The molecule has 0 bridgehead atoms. The summed E-state index contributed by atoms with van der Waals surface area (Å²) in [6, 6.07) is 0.545. The van der Waals surface area contributed by atoms with Gasteiger partial charge in [-0.25, -0.2) is 0 Å². The summed E-state index contributed by atoms with van der Waals surface area (Å²) < 4.78 is 10.3. The molecule has 3 rings (SSSR count). The van der Waals surface area contributed by atoms with Gasteiger partial charge in [0.15, 0.2) is 11.6 Å². The average Bonchev–Trinajstić information content (AvgIpc) is 3.03. The minimum atomic E-state index is 0.356. The molecular formula is C13H19N5O2. The number of aryl methyl sites for hydroxylation is 1. The predicted octanol–water partition coefficient (Wildman–Crippen LogP) is 1.55. The van der Waals surface area contributed by atoms with Crippen LogP contribution in [0.25, 0.3) is 0 Å². The summed E-state index contributed by atoms with van der Waals surface area (Å²) in [5, 5.41) is 7.86. The first-order valence-electron chi connectivity index (χ1n) is 6.93. The lowest BCUT2D eigenvalue weighted by molar-refractivity contribution is 0.166. The number of rotatable bonds is 3. The van der Waals surface area contributed by atoms with Gasteiger partial charge in [0.1, 0.15) is 0 Å². The highest BCUT2D eigenvalue weighted by molar-refractivity contribution is 5.02. The average molecular weight is 277 g/mol. The molecule has 0 aromatic carbocycles. The first-order chi connectivity index (χ1) is 9.61. The summed E-state index contributed by atoms with van der Waals surface area (Å²) in [6.07, 6.45) is 2.56. The van der Waals surface area contributed by atoms with Crippen molar-refractivity contribution in [1.82, 2.24) is 25.2 Å². The maximum Gasteiger partial charge on any atom is 0.229 e. The zero-order chi connectivity index (χ0) is 14.1. The molecule has 0 spiro atoms. The molecule has 2 atom stereocenters. The van der Waals surface area contributed by atoms with Crippen molar-refractivity contribution in [2.45, 2.75) is 45.1 Å². The van der Waals surface area contributed by atoms with E-state index in [1.54, 1.807) is 6.92 Å². The van der Waals surface area contributed by atoms with E-state index in [0.29, 0.717) is 35.9 Å². The molecule has 0 N–H and O–H groups in total. The Morgan fingerprint density at radius 3 is 2.65 bits per heavy atom. The SMILES string of the molecule is Cc1nc(Cc2noc([C@H]3CCN(C)[C@@H](C)C3)n2)no1. The zero-order valence-electron chi connectivity index (χ0n) is 12.0. The molecule has 0 unspecified atom stereocenters. The van der Waals surface area contributed by atoms with E-state index in [9.17, 15) is 0 Å². The van der Waals surface area contributed by atoms with E-state index in [0.717, 1.165) is 25.3 Å². The van der Waals surface area contributed by atoms with E-state index in [2.05, 4.69) is 39.2 Å². The standard InChI is InChI=1S/C13H19N5O2/c1-8-6-10(4-5-18(8)3)13-15-12(17-20-13)7-11-14-9(2)19-16-11/h8,10H,4-7H2,1-3H3/t8-,10-/m0/s1. The van der Waals surface area contributed by atoms with Crippen molar-refractivity contribution in [3.63, 3.8) is 0 Å². The molecule has 3 heterocycles. The molecule has 0 aliphatic carbocycles. The van der Waals surface area contributed by atoms with Gasteiger partial charge in [-0.15, -0.1) is 0 Å². The van der Waals surface area contributed by atoms with E-state index in [4.69, 9.17) is 9.05 Å². The second kappa shape index (κ2) is 5.32. The molecular weight excluding hydrogens is 258 g/mol. The van der Waals surface area contributed by atoms with Gasteiger partial charge < -0.3 is 13.9 Å². The van der Waals surface area contributed by atoms with E-state index in [-0.39, 0.29) is 0 Å². The van der Waals surface area contributed by atoms with Crippen molar-refractivity contribution in [1.29, 1.82) is 0 Å². The summed E-state index contributed by atoms with van der Waals surface area (Å²) in [6.45, 7) is 5.05. The molecule has 7 heteroatoms. The molecule has 1 saturated heterocycles.